The van der Waals surface area contributed by atoms with Crippen LogP contribution in [-0.4, -0.2) is 33.7 Å². The van der Waals surface area contributed by atoms with Gasteiger partial charge in [-0.2, -0.15) is 0 Å². The van der Waals surface area contributed by atoms with Gasteiger partial charge in [0, 0.05) is 5.92 Å². The second-order valence-electron chi connectivity index (χ2n) is 6.26. The monoisotopic (exact) mass is 429 g/mol. The number of carboxylic acid groups (broad SMARTS) is 1. The third-order valence-electron chi connectivity index (χ3n) is 4.61. The number of nitrogens with zero attached hydrogens (tertiary/aromatic N) is 2. The van der Waals surface area contributed by atoms with Crippen LogP contribution in [0.1, 0.15) is 27.5 Å². The molecular weight excluding hydrogens is 417 g/mol. The number of aromatic nitrogens is 2. The van der Waals surface area contributed by atoms with Crippen molar-refractivity contribution in [3.63, 3.8) is 0 Å². The molecule has 0 atom stereocenters. The molecule has 9 heteroatoms. The molecule has 0 fully saturated rings. The number of nitrogens with one attached hydrogen (secondary N) is 1. The van der Waals surface area contributed by atoms with Crippen molar-refractivity contribution in [1.82, 2.24) is 9.97 Å². The van der Waals surface area contributed by atoms with E-state index in [1.54, 1.807) is 0 Å². The van der Waals surface area contributed by atoms with Crippen LogP contribution >= 0.6 is 23.2 Å². The molecule has 1 amide bonds. The molecule has 1 aromatic heterocycles. The van der Waals surface area contributed by atoms with Gasteiger partial charge in [-0.3, -0.25) is 5.32 Å². The van der Waals surface area contributed by atoms with E-state index in [2.05, 4.69) is 15.3 Å². The Morgan fingerprint density at radius 3 is 2.17 bits per heavy atom. The summed E-state index contributed by atoms with van der Waals surface area (Å²) in [6, 6.07) is 15.8. The number of ether oxygens (including phenoxy) is 1. The van der Waals surface area contributed by atoms with E-state index >= 15 is 0 Å². The minimum absolute atomic E-state index is 0.0638. The fraction of sp³-hybridized carbons (Fsp3) is 0.100. The first kappa shape index (κ1) is 19.2. The largest absolute Gasteiger partial charge is 0.476 e. The van der Waals surface area contributed by atoms with Crippen molar-refractivity contribution in [2.75, 3.05) is 11.9 Å². The van der Waals surface area contributed by atoms with E-state index in [0.717, 1.165) is 22.3 Å². The summed E-state index contributed by atoms with van der Waals surface area (Å²) in [4.78, 5) is 30.9. The van der Waals surface area contributed by atoms with Crippen LogP contribution in [0.2, 0.25) is 10.4 Å². The number of hydrogen-bond donors (Lipinski definition) is 2. The van der Waals surface area contributed by atoms with E-state index in [-0.39, 0.29) is 28.6 Å². The molecule has 2 aromatic carbocycles. The molecule has 0 saturated carbocycles. The van der Waals surface area contributed by atoms with Crippen molar-refractivity contribution >= 4 is 41.0 Å². The number of carbonyl (C=O) groups is 2. The molecule has 146 valence electrons. The summed E-state index contributed by atoms with van der Waals surface area (Å²) in [5.41, 5.74) is 3.50. The van der Waals surface area contributed by atoms with Crippen LogP contribution in [0.15, 0.2) is 48.5 Å². The molecule has 0 radical (unpaired) electrons. The highest BCUT2D eigenvalue weighted by Gasteiger charge is 2.29. The molecule has 1 aliphatic carbocycles. The van der Waals surface area contributed by atoms with E-state index in [4.69, 9.17) is 27.9 Å². The highest BCUT2D eigenvalue weighted by Crippen LogP contribution is 2.44. The van der Waals surface area contributed by atoms with Gasteiger partial charge >= 0.3 is 12.1 Å². The average molecular weight is 430 g/mol. The molecule has 1 aliphatic rings. The maximum atomic E-state index is 12.3. The molecule has 3 aromatic rings. The lowest BCUT2D eigenvalue weighted by Gasteiger charge is -2.15. The smallest absolute Gasteiger partial charge is 0.411 e. The van der Waals surface area contributed by atoms with Crippen molar-refractivity contribution in [3.8, 4) is 11.1 Å². The Morgan fingerprint density at radius 1 is 1.00 bits per heavy atom. The van der Waals surface area contributed by atoms with Gasteiger partial charge in [0.2, 0.25) is 5.28 Å². The zero-order chi connectivity index (χ0) is 20.5. The van der Waals surface area contributed by atoms with Crippen LogP contribution < -0.4 is 5.32 Å². The first-order chi connectivity index (χ1) is 14.0. The summed E-state index contributed by atoms with van der Waals surface area (Å²) in [5.74, 6) is -1.55. The van der Waals surface area contributed by atoms with E-state index in [9.17, 15) is 14.7 Å². The van der Waals surface area contributed by atoms with E-state index in [1.165, 1.54) is 0 Å². The van der Waals surface area contributed by atoms with Crippen LogP contribution in [0, 0.1) is 0 Å². The van der Waals surface area contributed by atoms with Crippen molar-refractivity contribution in [2.24, 2.45) is 0 Å². The van der Waals surface area contributed by atoms with Gasteiger partial charge in [0.05, 0.1) is 0 Å². The van der Waals surface area contributed by atoms with Gasteiger partial charge in [0.15, 0.2) is 10.8 Å². The first-order valence-corrected chi connectivity index (χ1v) is 9.29. The zero-order valence-corrected chi connectivity index (χ0v) is 16.2. The summed E-state index contributed by atoms with van der Waals surface area (Å²) >= 11 is 11.5. The fourth-order valence-corrected chi connectivity index (χ4v) is 3.84. The van der Waals surface area contributed by atoms with Gasteiger partial charge in [0.25, 0.3) is 0 Å². The third kappa shape index (κ3) is 3.62. The molecule has 0 aliphatic heterocycles. The van der Waals surface area contributed by atoms with Crippen molar-refractivity contribution < 1.29 is 19.4 Å². The quantitative estimate of drug-likeness (QED) is 0.454. The molecule has 4 rings (SSSR count). The average Bonchev–Trinajstić information content (AvgIpc) is 3.02. The number of rotatable bonds is 4. The standard InChI is InChI=1S/C20H13Cl2N3O4/c21-17-15(16(18(26)27)23-19(22)25-17)24-20(28)29-9-14-12-7-3-1-5-10(12)11-6-2-4-8-13(11)14/h1-8,14H,9H2,(H,24,28)(H,26,27). The number of carbonyl (C=O) groups excluding carboxylic acids is 1. The van der Waals surface area contributed by atoms with Gasteiger partial charge in [-0.15, -0.1) is 0 Å². The Bertz CT molecular complexity index is 1090. The van der Waals surface area contributed by atoms with Crippen molar-refractivity contribution in [1.29, 1.82) is 0 Å². The number of hydrogen-bond acceptors (Lipinski definition) is 5. The second-order valence-corrected chi connectivity index (χ2v) is 6.96. The molecule has 29 heavy (non-hydrogen) atoms. The van der Waals surface area contributed by atoms with Crippen LogP contribution in [0.4, 0.5) is 10.5 Å². The van der Waals surface area contributed by atoms with Gasteiger partial charge in [-0.05, 0) is 33.9 Å². The summed E-state index contributed by atoms with van der Waals surface area (Å²) in [7, 11) is 0. The predicted molar refractivity (Wildman–Crippen MR) is 108 cm³/mol. The van der Waals surface area contributed by atoms with Gasteiger partial charge < -0.3 is 9.84 Å². The minimum Gasteiger partial charge on any atom is -0.476 e. The highest BCUT2D eigenvalue weighted by atomic mass is 35.5. The van der Waals surface area contributed by atoms with Gasteiger partial charge in [0.1, 0.15) is 12.3 Å². The molecule has 0 unspecified atom stereocenters. The van der Waals surface area contributed by atoms with Crippen LogP contribution in [-0.2, 0) is 4.74 Å². The number of fused-ring (bicyclic) bond motifs is 3. The Kier molecular flexibility index (Phi) is 5.08. The molecule has 1 heterocycles. The fourth-order valence-electron chi connectivity index (χ4n) is 3.41. The SMILES string of the molecule is O=C(Nc1c(Cl)nc(Cl)nc1C(=O)O)OCC1c2ccccc2-c2ccccc21. The number of anilines is 1. The summed E-state index contributed by atoms with van der Waals surface area (Å²) < 4.78 is 5.37. The minimum atomic E-state index is -1.41. The summed E-state index contributed by atoms with van der Waals surface area (Å²) in [5, 5.41) is 10.9. The Balaban J connectivity index is 1.54. The maximum Gasteiger partial charge on any atom is 0.411 e. The molecule has 0 saturated heterocycles. The maximum absolute atomic E-state index is 12.3. The number of amides is 1. The topological polar surface area (TPSA) is 101 Å². The number of carboxylic acids is 1. The zero-order valence-electron chi connectivity index (χ0n) is 14.7. The van der Waals surface area contributed by atoms with E-state index in [1.807, 2.05) is 48.5 Å². The van der Waals surface area contributed by atoms with E-state index in [0.29, 0.717) is 0 Å². The normalized spacial score (nSPS) is 12.2. The number of benzene rings is 2. The van der Waals surface area contributed by atoms with Crippen molar-refractivity contribution in [2.45, 2.75) is 5.92 Å². The van der Waals surface area contributed by atoms with Crippen LogP contribution in [0.3, 0.4) is 0 Å². The summed E-state index contributed by atoms with van der Waals surface area (Å²) in [6.45, 7) is 0.0638. The molecule has 0 spiro atoms. The highest BCUT2D eigenvalue weighted by molar-refractivity contribution is 6.34. The molecule has 2 N–H and O–H groups in total. The Morgan fingerprint density at radius 2 is 1.59 bits per heavy atom. The lowest BCUT2D eigenvalue weighted by molar-refractivity contribution is 0.0691. The Hall–Kier alpha value is -3.16. The van der Waals surface area contributed by atoms with Crippen molar-refractivity contribution in [3.05, 3.63) is 75.8 Å². The lowest BCUT2D eigenvalue weighted by atomic mass is 9.98. The predicted octanol–water partition coefficient (Wildman–Crippen LogP) is 4.84. The molecule has 0 bridgehead atoms. The number of aromatic carboxylic acids is 1. The van der Waals surface area contributed by atoms with Gasteiger partial charge in [-0.25, -0.2) is 19.6 Å². The second kappa shape index (κ2) is 7.69. The lowest BCUT2D eigenvalue weighted by Crippen LogP contribution is -2.20. The van der Waals surface area contributed by atoms with Crippen LogP contribution in [0.25, 0.3) is 11.1 Å². The Labute approximate surface area is 175 Å². The number of halogens is 2. The third-order valence-corrected chi connectivity index (χ3v) is 5.05. The molecular formula is C20H13Cl2N3O4. The molecule has 7 nitrogen and oxygen atoms in total. The van der Waals surface area contributed by atoms with Gasteiger partial charge in [-0.1, -0.05) is 60.1 Å². The van der Waals surface area contributed by atoms with E-state index < -0.39 is 17.8 Å². The van der Waals surface area contributed by atoms with Crippen LogP contribution in [0.5, 0.6) is 0 Å². The first-order valence-electron chi connectivity index (χ1n) is 8.54. The summed E-state index contributed by atoms with van der Waals surface area (Å²) in [6.07, 6.45) is -0.873.